The molecule has 0 aliphatic carbocycles. The normalized spacial score (nSPS) is 11.9. The molecule has 0 spiro atoms. The van der Waals surface area contributed by atoms with E-state index in [9.17, 15) is 9.18 Å². The molecule has 0 aliphatic rings. The van der Waals surface area contributed by atoms with Crippen molar-refractivity contribution in [2.24, 2.45) is 5.73 Å². The molecule has 0 saturated heterocycles. The lowest BCUT2D eigenvalue weighted by molar-refractivity contribution is -0.116. The Morgan fingerprint density at radius 1 is 1.21 bits per heavy atom. The van der Waals surface area contributed by atoms with Gasteiger partial charge in [0.15, 0.2) is 0 Å². The number of anilines is 1. The zero-order valence-corrected chi connectivity index (χ0v) is 10.2. The number of carbonyl (C=O) groups is 1. The highest BCUT2D eigenvalue weighted by molar-refractivity contribution is 5.90. The Bertz CT molecular complexity index is 560. The molecule has 1 atom stereocenters. The number of nitrogens with one attached hydrogen (secondary N) is 1. The molecule has 19 heavy (non-hydrogen) atoms. The number of pyridine rings is 1. The van der Waals surface area contributed by atoms with Crippen LogP contribution < -0.4 is 11.1 Å². The highest BCUT2D eigenvalue weighted by Gasteiger charge is 2.12. The lowest BCUT2D eigenvalue weighted by Crippen LogP contribution is -2.21. The van der Waals surface area contributed by atoms with Crippen LogP contribution in [0.4, 0.5) is 10.2 Å². The molecular weight excluding hydrogens is 245 g/mol. The van der Waals surface area contributed by atoms with Crippen molar-refractivity contribution in [3.05, 3.63) is 60.0 Å². The van der Waals surface area contributed by atoms with Crippen LogP contribution in [0.3, 0.4) is 0 Å². The van der Waals surface area contributed by atoms with Gasteiger partial charge in [-0.1, -0.05) is 36.4 Å². The van der Waals surface area contributed by atoms with E-state index >= 15 is 0 Å². The predicted octanol–water partition coefficient (Wildman–Crippen LogP) is 2.25. The van der Waals surface area contributed by atoms with Crippen molar-refractivity contribution in [1.29, 1.82) is 0 Å². The van der Waals surface area contributed by atoms with Gasteiger partial charge in [-0.25, -0.2) is 4.98 Å². The van der Waals surface area contributed by atoms with E-state index < -0.39 is 12.0 Å². The first-order valence-electron chi connectivity index (χ1n) is 5.88. The minimum atomic E-state index is -0.634. The number of carbonyl (C=O) groups excluding carboxylic acids is 1. The fraction of sp³-hybridized carbons (Fsp3) is 0.143. The molecular formula is C14H14FN3O. The van der Waals surface area contributed by atoms with E-state index in [0.717, 1.165) is 5.56 Å². The molecule has 3 N–H and O–H groups in total. The third kappa shape index (κ3) is 3.86. The maximum Gasteiger partial charge on any atom is 0.227 e. The molecule has 1 aromatic carbocycles. The zero-order valence-electron chi connectivity index (χ0n) is 10.2. The van der Waals surface area contributed by atoms with Gasteiger partial charge in [0.25, 0.3) is 0 Å². The Kier molecular flexibility index (Phi) is 4.20. The van der Waals surface area contributed by atoms with Crippen molar-refractivity contribution in [2.45, 2.75) is 12.5 Å². The number of nitrogens with two attached hydrogens (primary N) is 1. The third-order valence-electron chi connectivity index (χ3n) is 2.62. The summed E-state index contributed by atoms with van der Waals surface area (Å²) in [7, 11) is 0. The molecule has 0 aliphatic heterocycles. The van der Waals surface area contributed by atoms with Crippen LogP contribution in [0.15, 0.2) is 48.5 Å². The number of hydrogen-bond acceptors (Lipinski definition) is 3. The summed E-state index contributed by atoms with van der Waals surface area (Å²) in [4.78, 5) is 15.3. The van der Waals surface area contributed by atoms with Crippen molar-refractivity contribution in [2.75, 3.05) is 5.32 Å². The van der Waals surface area contributed by atoms with Crippen LogP contribution in [-0.2, 0) is 4.79 Å². The Hall–Kier alpha value is -2.27. The fourth-order valence-electron chi connectivity index (χ4n) is 1.69. The Morgan fingerprint density at radius 2 is 1.95 bits per heavy atom. The number of halogens is 1. The molecule has 0 saturated carbocycles. The Labute approximate surface area is 110 Å². The summed E-state index contributed by atoms with van der Waals surface area (Å²) in [6, 6.07) is 13.1. The van der Waals surface area contributed by atoms with E-state index in [0.29, 0.717) is 0 Å². The van der Waals surface area contributed by atoms with Crippen molar-refractivity contribution in [1.82, 2.24) is 4.98 Å². The minimum Gasteiger partial charge on any atom is -0.324 e. The highest BCUT2D eigenvalue weighted by atomic mass is 19.1. The number of amides is 1. The monoisotopic (exact) mass is 259 g/mol. The topological polar surface area (TPSA) is 68.0 Å². The Morgan fingerprint density at radius 3 is 2.63 bits per heavy atom. The molecule has 1 heterocycles. The van der Waals surface area contributed by atoms with E-state index in [4.69, 9.17) is 5.73 Å². The van der Waals surface area contributed by atoms with Gasteiger partial charge in [-0.05, 0) is 17.7 Å². The van der Waals surface area contributed by atoms with E-state index in [1.54, 1.807) is 0 Å². The molecule has 2 rings (SSSR count). The van der Waals surface area contributed by atoms with Crippen LogP contribution in [0.1, 0.15) is 18.0 Å². The van der Waals surface area contributed by atoms with Gasteiger partial charge in [0.2, 0.25) is 11.9 Å². The summed E-state index contributed by atoms with van der Waals surface area (Å²) in [6.07, 6.45) is 0.113. The van der Waals surface area contributed by atoms with Gasteiger partial charge in [-0.2, -0.15) is 4.39 Å². The van der Waals surface area contributed by atoms with E-state index in [2.05, 4.69) is 10.3 Å². The summed E-state index contributed by atoms with van der Waals surface area (Å²) in [6.45, 7) is 0. The predicted molar refractivity (Wildman–Crippen MR) is 70.8 cm³/mol. The average Bonchev–Trinajstić information content (AvgIpc) is 2.39. The van der Waals surface area contributed by atoms with Gasteiger partial charge in [-0.15, -0.1) is 0 Å². The van der Waals surface area contributed by atoms with Gasteiger partial charge in [-0.3, -0.25) is 4.79 Å². The number of hydrogen-bond donors (Lipinski definition) is 2. The van der Waals surface area contributed by atoms with Crippen LogP contribution in [-0.4, -0.2) is 10.9 Å². The highest BCUT2D eigenvalue weighted by Crippen LogP contribution is 2.14. The molecule has 0 fully saturated rings. The first-order valence-corrected chi connectivity index (χ1v) is 5.88. The molecule has 98 valence electrons. The molecule has 4 nitrogen and oxygen atoms in total. The van der Waals surface area contributed by atoms with E-state index in [-0.39, 0.29) is 18.1 Å². The lowest BCUT2D eigenvalue weighted by Gasteiger charge is -2.11. The standard InChI is InChI=1S/C14H14FN3O/c15-12-7-4-8-13(17-12)18-14(19)9-11(16)10-5-2-1-3-6-10/h1-8,11H,9,16H2,(H,17,18,19). The van der Waals surface area contributed by atoms with Gasteiger partial charge in [0.05, 0.1) is 0 Å². The average molecular weight is 259 g/mol. The fourth-order valence-corrected chi connectivity index (χ4v) is 1.69. The van der Waals surface area contributed by atoms with Crippen LogP contribution in [0.2, 0.25) is 0 Å². The number of aromatic nitrogens is 1. The quantitative estimate of drug-likeness (QED) is 0.827. The summed E-state index contributed by atoms with van der Waals surface area (Å²) < 4.78 is 12.9. The number of nitrogens with zero attached hydrogens (tertiary/aromatic N) is 1. The van der Waals surface area contributed by atoms with Crippen LogP contribution >= 0.6 is 0 Å². The van der Waals surface area contributed by atoms with E-state index in [1.807, 2.05) is 30.3 Å². The SMILES string of the molecule is NC(CC(=O)Nc1cccc(F)n1)c1ccccc1. The molecule has 0 radical (unpaired) electrons. The van der Waals surface area contributed by atoms with Gasteiger partial charge in [0.1, 0.15) is 5.82 Å². The second-order valence-electron chi connectivity index (χ2n) is 4.12. The van der Waals surface area contributed by atoms with Crippen LogP contribution in [0.5, 0.6) is 0 Å². The third-order valence-corrected chi connectivity index (χ3v) is 2.62. The molecule has 1 unspecified atom stereocenters. The maximum absolute atomic E-state index is 12.9. The number of rotatable bonds is 4. The second-order valence-corrected chi connectivity index (χ2v) is 4.12. The molecule has 5 heteroatoms. The Balaban J connectivity index is 1.95. The van der Waals surface area contributed by atoms with Crippen LogP contribution in [0, 0.1) is 5.95 Å². The summed E-state index contributed by atoms with van der Waals surface area (Å²) >= 11 is 0. The van der Waals surface area contributed by atoms with Crippen LogP contribution in [0.25, 0.3) is 0 Å². The maximum atomic E-state index is 12.9. The zero-order chi connectivity index (χ0) is 13.7. The van der Waals surface area contributed by atoms with Crippen molar-refractivity contribution in [3.8, 4) is 0 Å². The summed E-state index contributed by atoms with van der Waals surface area (Å²) in [5.74, 6) is -0.745. The van der Waals surface area contributed by atoms with Gasteiger partial charge >= 0.3 is 0 Å². The van der Waals surface area contributed by atoms with E-state index in [1.165, 1.54) is 18.2 Å². The lowest BCUT2D eigenvalue weighted by atomic mass is 10.0. The van der Waals surface area contributed by atoms with Gasteiger partial charge < -0.3 is 11.1 Å². The van der Waals surface area contributed by atoms with Crippen molar-refractivity contribution in [3.63, 3.8) is 0 Å². The largest absolute Gasteiger partial charge is 0.324 e. The van der Waals surface area contributed by atoms with Crippen molar-refractivity contribution < 1.29 is 9.18 Å². The minimum absolute atomic E-state index is 0.113. The first kappa shape index (κ1) is 13.2. The molecule has 1 aromatic heterocycles. The molecule has 1 amide bonds. The molecule has 0 bridgehead atoms. The second kappa shape index (κ2) is 6.06. The summed E-state index contributed by atoms with van der Waals surface area (Å²) in [5, 5.41) is 2.51. The summed E-state index contributed by atoms with van der Waals surface area (Å²) in [5.41, 5.74) is 6.80. The molecule has 2 aromatic rings. The number of benzene rings is 1. The van der Waals surface area contributed by atoms with Crippen molar-refractivity contribution >= 4 is 11.7 Å². The smallest absolute Gasteiger partial charge is 0.227 e. The van der Waals surface area contributed by atoms with Gasteiger partial charge in [0, 0.05) is 12.5 Å². The first-order chi connectivity index (χ1) is 9.15.